The average Bonchev–Trinajstić information content (AvgIpc) is 1.96. The smallest absolute Gasteiger partial charge is 0.332 e. The number of nitrogens with zero attached hydrogens (tertiary/aromatic N) is 3. The Kier molecular flexibility index (Phi) is 1.73. The van der Waals surface area contributed by atoms with Crippen molar-refractivity contribution in [2.45, 2.75) is 12.3 Å². The quantitative estimate of drug-likeness (QED) is 0.393. The second-order valence-corrected chi connectivity index (χ2v) is 2.20. The molecule has 1 rings (SSSR count). The van der Waals surface area contributed by atoms with Gasteiger partial charge in [-0.2, -0.15) is 0 Å². The maximum Gasteiger partial charge on any atom is 0.332 e. The normalized spacial score (nSPS) is 19.5. The molecule has 1 N–H and O–H groups in total. The Morgan fingerprint density at radius 3 is 2.67 bits per heavy atom. The van der Waals surface area contributed by atoms with Gasteiger partial charge in [-0.25, -0.2) is 13.6 Å². The van der Waals surface area contributed by atoms with E-state index in [9.17, 15) is 13.6 Å². The van der Waals surface area contributed by atoms with Crippen LogP contribution in [0.2, 0.25) is 0 Å². The number of carbonyl (C=O) groups is 1. The first kappa shape index (κ1) is 8.48. The Balaban J connectivity index is 3.08. The zero-order chi connectivity index (χ0) is 9.35. The van der Waals surface area contributed by atoms with E-state index >= 15 is 0 Å². The molecule has 7 heteroatoms. The Morgan fingerprint density at radius 2 is 2.33 bits per heavy atom. The Bertz CT molecular complexity index is 317. The third kappa shape index (κ3) is 1.10. The molecule has 1 aliphatic carbocycles. The van der Waals surface area contributed by atoms with Gasteiger partial charge >= 0.3 is 5.97 Å². The third-order valence-electron chi connectivity index (χ3n) is 1.43. The van der Waals surface area contributed by atoms with Gasteiger partial charge in [0.05, 0.1) is 11.3 Å². The van der Waals surface area contributed by atoms with E-state index in [0.29, 0.717) is 0 Å². The van der Waals surface area contributed by atoms with Crippen LogP contribution in [0.1, 0.15) is 6.42 Å². The van der Waals surface area contributed by atoms with Gasteiger partial charge in [-0.3, -0.25) is 0 Å². The summed E-state index contributed by atoms with van der Waals surface area (Å²) in [7, 11) is 0. The summed E-state index contributed by atoms with van der Waals surface area (Å²) in [6.07, 6.45) is -0.864. The van der Waals surface area contributed by atoms with E-state index in [1.54, 1.807) is 0 Å². The van der Waals surface area contributed by atoms with Crippen LogP contribution in [0.3, 0.4) is 0 Å². The molecule has 0 atom stereocenters. The molecule has 0 radical (unpaired) electrons. The summed E-state index contributed by atoms with van der Waals surface area (Å²) in [5.74, 6) is -4.75. The number of aliphatic carboxylic acids is 1. The number of hydrogen-bond acceptors (Lipinski definition) is 2. The minimum absolute atomic E-state index is 0.516. The van der Waals surface area contributed by atoms with Gasteiger partial charge in [-0.1, -0.05) is 5.11 Å². The number of rotatable bonds is 2. The van der Waals surface area contributed by atoms with Gasteiger partial charge in [0.25, 0.3) is 5.92 Å². The molecule has 0 saturated carbocycles. The first-order valence-corrected chi connectivity index (χ1v) is 2.89. The van der Waals surface area contributed by atoms with Crippen LogP contribution in [0.15, 0.2) is 16.4 Å². The van der Waals surface area contributed by atoms with Crippen LogP contribution in [-0.4, -0.2) is 17.0 Å². The highest BCUT2D eigenvalue weighted by Gasteiger charge is 2.48. The molecule has 0 aromatic heterocycles. The highest BCUT2D eigenvalue weighted by Crippen LogP contribution is 2.44. The first-order valence-electron chi connectivity index (χ1n) is 2.89. The van der Waals surface area contributed by atoms with E-state index in [4.69, 9.17) is 10.6 Å². The molecule has 0 aromatic rings. The third-order valence-corrected chi connectivity index (χ3v) is 1.43. The molecule has 0 spiro atoms. The predicted octanol–water partition coefficient (Wildman–Crippen LogP) is 1.67. The van der Waals surface area contributed by atoms with Crippen molar-refractivity contribution in [3.8, 4) is 0 Å². The summed E-state index contributed by atoms with van der Waals surface area (Å²) >= 11 is 0. The van der Waals surface area contributed by atoms with Crippen molar-refractivity contribution in [3.05, 3.63) is 21.7 Å². The van der Waals surface area contributed by atoms with Crippen LogP contribution in [-0.2, 0) is 4.79 Å². The highest BCUT2D eigenvalue weighted by molar-refractivity contribution is 5.90. The molecule has 12 heavy (non-hydrogen) atoms. The summed E-state index contributed by atoms with van der Waals surface area (Å²) in [6.45, 7) is 0. The van der Waals surface area contributed by atoms with Crippen LogP contribution in [0.5, 0.6) is 0 Å². The van der Waals surface area contributed by atoms with E-state index in [1.807, 2.05) is 0 Å². The number of alkyl halides is 2. The fourth-order valence-corrected chi connectivity index (χ4v) is 0.859. The fraction of sp³-hybridized carbons (Fsp3) is 0.400. The Morgan fingerprint density at radius 1 is 1.75 bits per heavy atom. The van der Waals surface area contributed by atoms with Crippen LogP contribution in [0.25, 0.3) is 10.4 Å². The molecule has 5 nitrogen and oxygen atoms in total. The van der Waals surface area contributed by atoms with E-state index in [1.165, 1.54) is 0 Å². The van der Waals surface area contributed by atoms with Crippen molar-refractivity contribution >= 4 is 5.97 Å². The average molecular weight is 175 g/mol. The SMILES string of the molecule is [N-]=[N+]=NC1=C(C(=O)O)CC1(F)F. The number of carboxylic acids is 1. The zero-order valence-electron chi connectivity index (χ0n) is 5.66. The van der Waals surface area contributed by atoms with Crippen molar-refractivity contribution in [2.75, 3.05) is 0 Å². The standard InChI is InChI=1S/C5H3F2N3O2/c6-5(7)1-2(4(11)12)3(5)9-10-8/h1H2,(H,11,12). The Hall–Kier alpha value is -1.62. The van der Waals surface area contributed by atoms with E-state index in [0.717, 1.165) is 0 Å². The first-order chi connectivity index (χ1) is 5.49. The summed E-state index contributed by atoms with van der Waals surface area (Å²) in [4.78, 5) is 12.3. The number of carboxylic acid groups (broad SMARTS) is 1. The molecule has 0 amide bonds. The Labute approximate surface area is 64.9 Å². The van der Waals surface area contributed by atoms with Gasteiger partial charge in [0.2, 0.25) is 0 Å². The van der Waals surface area contributed by atoms with E-state index in [2.05, 4.69) is 10.0 Å². The van der Waals surface area contributed by atoms with Crippen molar-refractivity contribution in [2.24, 2.45) is 5.11 Å². The summed E-state index contributed by atoms with van der Waals surface area (Å²) in [6, 6.07) is 0. The number of hydrogen-bond donors (Lipinski definition) is 1. The largest absolute Gasteiger partial charge is 0.478 e. The van der Waals surface area contributed by atoms with Crippen molar-refractivity contribution in [1.82, 2.24) is 0 Å². The van der Waals surface area contributed by atoms with Gasteiger partial charge in [-0.15, -0.1) is 0 Å². The van der Waals surface area contributed by atoms with Crippen molar-refractivity contribution in [3.63, 3.8) is 0 Å². The maximum atomic E-state index is 12.4. The summed E-state index contributed by atoms with van der Waals surface area (Å²) in [5.41, 5.74) is 6.34. The molecule has 0 fully saturated rings. The second kappa shape index (κ2) is 2.46. The number of azide groups is 1. The molecule has 0 unspecified atom stereocenters. The fourth-order valence-electron chi connectivity index (χ4n) is 0.859. The summed E-state index contributed by atoms with van der Waals surface area (Å²) < 4.78 is 24.8. The maximum absolute atomic E-state index is 12.4. The molecule has 0 bridgehead atoms. The minimum Gasteiger partial charge on any atom is -0.478 e. The lowest BCUT2D eigenvalue weighted by Gasteiger charge is -2.27. The monoisotopic (exact) mass is 175 g/mol. The van der Waals surface area contributed by atoms with Gasteiger partial charge in [0.1, 0.15) is 0 Å². The summed E-state index contributed by atoms with van der Waals surface area (Å²) in [5, 5.41) is 10.9. The van der Waals surface area contributed by atoms with Crippen molar-refractivity contribution in [1.29, 1.82) is 0 Å². The number of halogens is 2. The molecular weight excluding hydrogens is 172 g/mol. The van der Waals surface area contributed by atoms with Crippen LogP contribution in [0.4, 0.5) is 8.78 Å². The molecule has 0 aromatic carbocycles. The molecule has 64 valence electrons. The zero-order valence-corrected chi connectivity index (χ0v) is 5.66. The number of allylic oxidation sites excluding steroid dienone is 1. The van der Waals surface area contributed by atoms with E-state index in [-0.39, 0.29) is 0 Å². The molecule has 0 saturated heterocycles. The van der Waals surface area contributed by atoms with Crippen molar-refractivity contribution < 1.29 is 18.7 Å². The van der Waals surface area contributed by atoms with Gasteiger partial charge in [0.15, 0.2) is 0 Å². The van der Waals surface area contributed by atoms with Gasteiger partial charge in [-0.05, 0) is 5.53 Å². The van der Waals surface area contributed by atoms with Crippen LogP contribution >= 0.6 is 0 Å². The van der Waals surface area contributed by atoms with Crippen LogP contribution < -0.4 is 0 Å². The van der Waals surface area contributed by atoms with Crippen LogP contribution in [0, 0.1) is 0 Å². The lowest BCUT2D eigenvalue weighted by atomic mass is 9.90. The topological polar surface area (TPSA) is 86.1 Å². The molecule has 0 heterocycles. The lowest BCUT2D eigenvalue weighted by Crippen LogP contribution is -2.33. The predicted molar refractivity (Wildman–Crippen MR) is 33.4 cm³/mol. The lowest BCUT2D eigenvalue weighted by molar-refractivity contribution is -0.135. The van der Waals surface area contributed by atoms with E-state index < -0.39 is 29.6 Å². The molecule has 1 aliphatic rings. The molecule has 0 aliphatic heterocycles. The molecular formula is C5H3F2N3O2. The van der Waals surface area contributed by atoms with Gasteiger partial charge in [0, 0.05) is 11.3 Å². The minimum atomic E-state index is -3.28. The van der Waals surface area contributed by atoms with Gasteiger partial charge < -0.3 is 5.11 Å². The second-order valence-electron chi connectivity index (χ2n) is 2.20. The highest BCUT2D eigenvalue weighted by atomic mass is 19.3.